The van der Waals surface area contributed by atoms with Crippen LogP contribution in [0, 0.1) is 18.8 Å². The predicted molar refractivity (Wildman–Crippen MR) is 59.2 cm³/mol. The minimum atomic E-state index is -0.897. The van der Waals surface area contributed by atoms with Gasteiger partial charge in [0, 0.05) is 0 Å². The number of amides is 1. The first-order valence-corrected chi connectivity index (χ1v) is 5.58. The zero-order valence-corrected chi connectivity index (χ0v) is 9.77. The molecular formula is C12H15NO4. The van der Waals surface area contributed by atoms with Gasteiger partial charge in [-0.15, -0.1) is 0 Å². The van der Waals surface area contributed by atoms with Gasteiger partial charge in [-0.05, 0) is 32.4 Å². The summed E-state index contributed by atoms with van der Waals surface area (Å²) in [5.41, 5.74) is 0. The molecule has 17 heavy (non-hydrogen) atoms. The van der Waals surface area contributed by atoms with E-state index < -0.39 is 11.9 Å². The molecule has 5 heteroatoms. The zero-order valence-electron chi connectivity index (χ0n) is 9.77. The molecule has 0 radical (unpaired) electrons. The van der Waals surface area contributed by atoms with Crippen molar-refractivity contribution in [2.45, 2.75) is 26.3 Å². The summed E-state index contributed by atoms with van der Waals surface area (Å²) in [6.45, 7) is 3.65. The summed E-state index contributed by atoms with van der Waals surface area (Å²) in [7, 11) is 0. The fourth-order valence-corrected chi connectivity index (χ4v) is 1.84. The second-order valence-corrected chi connectivity index (χ2v) is 4.47. The summed E-state index contributed by atoms with van der Waals surface area (Å²) in [6, 6.07) is 3.41. The van der Waals surface area contributed by atoms with Gasteiger partial charge in [-0.2, -0.15) is 0 Å². The van der Waals surface area contributed by atoms with Crippen molar-refractivity contribution in [3.8, 4) is 0 Å². The quantitative estimate of drug-likeness (QED) is 0.831. The third kappa shape index (κ3) is 2.49. The SMILES string of the molecule is Cc1ccc(C(C)NC(=O)[C@@H]2C[C@@H]2C(=O)O)o1. The number of carbonyl (C=O) groups excluding carboxylic acids is 1. The van der Waals surface area contributed by atoms with E-state index in [4.69, 9.17) is 9.52 Å². The molecule has 1 aliphatic rings. The van der Waals surface area contributed by atoms with Crippen LogP contribution in [-0.2, 0) is 9.59 Å². The monoisotopic (exact) mass is 237 g/mol. The van der Waals surface area contributed by atoms with E-state index >= 15 is 0 Å². The molecule has 2 N–H and O–H groups in total. The number of nitrogens with one attached hydrogen (secondary N) is 1. The maximum Gasteiger partial charge on any atom is 0.307 e. The molecule has 0 bridgehead atoms. The number of carbonyl (C=O) groups is 2. The van der Waals surface area contributed by atoms with E-state index in [-0.39, 0.29) is 17.9 Å². The van der Waals surface area contributed by atoms with Gasteiger partial charge >= 0.3 is 5.97 Å². The van der Waals surface area contributed by atoms with Crippen LogP contribution < -0.4 is 5.32 Å². The van der Waals surface area contributed by atoms with Gasteiger partial charge in [0.1, 0.15) is 11.5 Å². The molecule has 1 aliphatic carbocycles. The van der Waals surface area contributed by atoms with Gasteiger partial charge in [0.15, 0.2) is 0 Å². The number of aliphatic carboxylic acids is 1. The lowest BCUT2D eigenvalue weighted by Gasteiger charge is -2.10. The van der Waals surface area contributed by atoms with Crippen molar-refractivity contribution >= 4 is 11.9 Å². The Morgan fingerprint density at radius 3 is 2.65 bits per heavy atom. The van der Waals surface area contributed by atoms with E-state index in [0.717, 1.165) is 5.76 Å². The Balaban J connectivity index is 1.90. The van der Waals surface area contributed by atoms with E-state index in [9.17, 15) is 9.59 Å². The van der Waals surface area contributed by atoms with Crippen LogP contribution in [0.5, 0.6) is 0 Å². The average Bonchev–Trinajstić information content (AvgIpc) is 2.95. The van der Waals surface area contributed by atoms with Gasteiger partial charge in [-0.3, -0.25) is 9.59 Å². The molecule has 1 unspecified atom stereocenters. The first kappa shape index (κ1) is 11.7. The summed E-state index contributed by atoms with van der Waals surface area (Å²) < 4.78 is 5.39. The minimum Gasteiger partial charge on any atom is -0.481 e. The summed E-state index contributed by atoms with van der Waals surface area (Å²) in [5, 5.41) is 11.5. The summed E-state index contributed by atoms with van der Waals surface area (Å²) in [5.74, 6) is -0.531. The largest absolute Gasteiger partial charge is 0.481 e. The molecule has 1 saturated carbocycles. The molecule has 2 rings (SSSR count). The summed E-state index contributed by atoms with van der Waals surface area (Å²) in [4.78, 5) is 22.3. The van der Waals surface area contributed by atoms with Crippen molar-refractivity contribution in [2.24, 2.45) is 11.8 Å². The van der Waals surface area contributed by atoms with E-state index in [1.54, 1.807) is 0 Å². The standard InChI is InChI=1S/C12H15NO4/c1-6-3-4-10(17-6)7(2)13-11(14)8-5-9(8)12(15)16/h3-4,7-9H,5H2,1-2H3,(H,13,14)(H,15,16)/t7?,8-,9+/m1/s1. The molecule has 0 aliphatic heterocycles. The van der Waals surface area contributed by atoms with E-state index in [0.29, 0.717) is 12.2 Å². The number of aryl methyl sites for hydroxylation is 1. The first-order chi connectivity index (χ1) is 7.99. The maximum absolute atomic E-state index is 11.7. The van der Waals surface area contributed by atoms with Crippen molar-refractivity contribution in [1.29, 1.82) is 0 Å². The van der Waals surface area contributed by atoms with Gasteiger partial charge in [0.25, 0.3) is 0 Å². The van der Waals surface area contributed by atoms with Gasteiger partial charge in [0.05, 0.1) is 17.9 Å². The molecule has 1 amide bonds. The molecule has 5 nitrogen and oxygen atoms in total. The predicted octanol–water partition coefficient (Wildman–Crippen LogP) is 1.49. The molecule has 0 spiro atoms. The van der Waals surface area contributed by atoms with Crippen LogP contribution in [0.25, 0.3) is 0 Å². The van der Waals surface area contributed by atoms with Crippen LogP contribution >= 0.6 is 0 Å². The second-order valence-electron chi connectivity index (χ2n) is 4.47. The van der Waals surface area contributed by atoms with E-state index in [1.807, 2.05) is 26.0 Å². The molecule has 92 valence electrons. The number of carboxylic acid groups (broad SMARTS) is 1. The van der Waals surface area contributed by atoms with E-state index in [2.05, 4.69) is 5.32 Å². The number of hydrogen-bond acceptors (Lipinski definition) is 3. The van der Waals surface area contributed by atoms with E-state index in [1.165, 1.54) is 0 Å². The van der Waals surface area contributed by atoms with Crippen molar-refractivity contribution in [2.75, 3.05) is 0 Å². The molecule has 1 fully saturated rings. The van der Waals surface area contributed by atoms with Crippen LogP contribution in [0.4, 0.5) is 0 Å². The molecule has 0 aromatic carbocycles. The lowest BCUT2D eigenvalue weighted by Crippen LogP contribution is -2.28. The fraction of sp³-hybridized carbons (Fsp3) is 0.500. The molecule has 3 atom stereocenters. The average molecular weight is 237 g/mol. The molecule has 1 aromatic heterocycles. The maximum atomic E-state index is 11.7. The summed E-state index contributed by atoms with van der Waals surface area (Å²) in [6.07, 6.45) is 0.436. The first-order valence-electron chi connectivity index (χ1n) is 5.58. The lowest BCUT2D eigenvalue weighted by molar-refractivity contribution is -0.140. The van der Waals surface area contributed by atoms with Gasteiger partial charge in [0.2, 0.25) is 5.91 Å². The normalized spacial score (nSPS) is 24.1. The number of hydrogen-bond donors (Lipinski definition) is 2. The highest BCUT2D eigenvalue weighted by Crippen LogP contribution is 2.39. The second kappa shape index (κ2) is 4.24. The number of rotatable bonds is 4. The van der Waals surface area contributed by atoms with Gasteiger partial charge < -0.3 is 14.8 Å². The van der Waals surface area contributed by atoms with Crippen molar-refractivity contribution in [3.05, 3.63) is 23.7 Å². The number of carboxylic acids is 1. The highest BCUT2D eigenvalue weighted by Gasteiger charge is 2.48. The molecule has 0 saturated heterocycles. The van der Waals surface area contributed by atoms with Crippen LogP contribution in [0.2, 0.25) is 0 Å². The topological polar surface area (TPSA) is 79.5 Å². The highest BCUT2D eigenvalue weighted by molar-refractivity contribution is 5.89. The van der Waals surface area contributed by atoms with Gasteiger partial charge in [-0.1, -0.05) is 0 Å². The fourth-order valence-electron chi connectivity index (χ4n) is 1.84. The van der Waals surface area contributed by atoms with Crippen molar-refractivity contribution < 1.29 is 19.1 Å². The van der Waals surface area contributed by atoms with Crippen LogP contribution in [-0.4, -0.2) is 17.0 Å². The van der Waals surface area contributed by atoms with Crippen molar-refractivity contribution in [1.82, 2.24) is 5.32 Å². The Labute approximate surface area is 98.8 Å². The van der Waals surface area contributed by atoms with Gasteiger partial charge in [-0.25, -0.2) is 0 Å². The Morgan fingerprint density at radius 1 is 1.47 bits per heavy atom. The highest BCUT2D eigenvalue weighted by atomic mass is 16.4. The lowest BCUT2D eigenvalue weighted by atomic mass is 10.2. The molecule has 1 heterocycles. The third-order valence-electron chi connectivity index (χ3n) is 2.99. The number of furan rings is 1. The van der Waals surface area contributed by atoms with Crippen molar-refractivity contribution in [3.63, 3.8) is 0 Å². The Hall–Kier alpha value is -1.78. The minimum absolute atomic E-state index is 0.209. The Morgan fingerprint density at radius 2 is 2.18 bits per heavy atom. The molecule has 1 aromatic rings. The smallest absolute Gasteiger partial charge is 0.307 e. The Kier molecular flexibility index (Phi) is 2.92. The third-order valence-corrected chi connectivity index (χ3v) is 2.99. The zero-order chi connectivity index (χ0) is 12.6. The van der Waals surface area contributed by atoms with Crippen LogP contribution in [0.15, 0.2) is 16.5 Å². The van der Waals surface area contributed by atoms with Crippen LogP contribution in [0.1, 0.15) is 30.9 Å². The van der Waals surface area contributed by atoms with Crippen LogP contribution in [0.3, 0.4) is 0 Å². The Bertz CT molecular complexity index is 451. The summed E-state index contributed by atoms with van der Waals surface area (Å²) >= 11 is 0. The molecular weight excluding hydrogens is 222 g/mol.